The van der Waals surface area contributed by atoms with Crippen molar-refractivity contribution in [1.82, 2.24) is 4.90 Å². The van der Waals surface area contributed by atoms with Gasteiger partial charge >= 0.3 is 22.4 Å². The topological polar surface area (TPSA) is 96.0 Å². The van der Waals surface area contributed by atoms with E-state index < -0.39 is 56.3 Å². The van der Waals surface area contributed by atoms with Crippen LogP contribution in [0.2, 0.25) is 0 Å². The molecule has 0 radical (unpaired) electrons. The van der Waals surface area contributed by atoms with Crippen molar-refractivity contribution < 1.29 is 56.1 Å². The largest absolute Gasteiger partial charge is 0.490 e. The van der Waals surface area contributed by atoms with E-state index in [0.29, 0.717) is 18.2 Å². The maximum Gasteiger partial charge on any atom is 0.490 e. The first-order valence-corrected chi connectivity index (χ1v) is 11.6. The van der Waals surface area contributed by atoms with Crippen LogP contribution in [0, 0.1) is 11.6 Å². The molecular weight excluding hydrogens is 552 g/mol. The standard InChI is InChI=1S/C18H16F7N3OS.C2HF3O2/c1-18(13-8-5-11(19)9-14(13)20)15(16(29)28(2)17(26)27-18)10-3-6-12(7-4-10)30(21,22,23,24)25;3-2(4,5)1(6)7/h3-9,15H,1-2H3,(H2,26,27);(H,6,7)/t15-,18+;/m0./s1. The summed E-state index contributed by atoms with van der Waals surface area (Å²) in [6.45, 7) is 1.30. The number of aliphatic carboxylic acids is 1. The number of carbonyl (C=O) groups excluding carboxylic acids is 1. The monoisotopic (exact) mass is 569 g/mol. The molecule has 0 aromatic heterocycles. The average Bonchev–Trinajstić information content (AvgIpc) is 2.70. The maximum absolute atomic E-state index is 14.5. The summed E-state index contributed by atoms with van der Waals surface area (Å²) in [6, 6.07) is 4.26. The normalized spacial score (nSPS) is 22.3. The van der Waals surface area contributed by atoms with Gasteiger partial charge in [0.1, 0.15) is 22.1 Å². The number of carboxylic acid groups (broad SMARTS) is 1. The molecule has 3 N–H and O–H groups in total. The van der Waals surface area contributed by atoms with Crippen molar-refractivity contribution in [2.45, 2.75) is 29.5 Å². The molecule has 0 bridgehead atoms. The van der Waals surface area contributed by atoms with E-state index in [4.69, 9.17) is 15.6 Å². The number of amides is 1. The van der Waals surface area contributed by atoms with Crippen LogP contribution in [0.5, 0.6) is 0 Å². The third kappa shape index (κ3) is 6.44. The summed E-state index contributed by atoms with van der Waals surface area (Å²) < 4.78 is 125. The molecule has 37 heavy (non-hydrogen) atoms. The Morgan fingerprint density at radius 1 is 1.05 bits per heavy atom. The molecular formula is C20H17F10N3O3S. The second-order valence-corrected chi connectivity index (χ2v) is 10.3. The van der Waals surface area contributed by atoms with Gasteiger partial charge < -0.3 is 10.8 Å². The molecule has 1 aliphatic heterocycles. The molecule has 6 nitrogen and oxygen atoms in total. The number of halogens is 10. The second-order valence-electron chi connectivity index (χ2n) is 7.91. The van der Waals surface area contributed by atoms with E-state index in [1.807, 2.05) is 0 Å². The minimum atomic E-state index is -9.92. The fourth-order valence-corrected chi connectivity index (χ4v) is 4.08. The maximum atomic E-state index is 14.5. The van der Waals surface area contributed by atoms with Crippen molar-refractivity contribution in [3.05, 3.63) is 65.2 Å². The Morgan fingerprint density at radius 3 is 1.95 bits per heavy atom. The summed E-state index contributed by atoms with van der Waals surface area (Å²) in [5.41, 5.74) is 3.59. The van der Waals surface area contributed by atoms with E-state index in [2.05, 4.69) is 4.99 Å². The van der Waals surface area contributed by atoms with Crippen LogP contribution in [0.3, 0.4) is 0 Å². The molecule has 2 aromatic rings. The Balaban J connectivity index is 0.000000604. The number of carboxylic acids is 1. The summed E-state index contributed by atoms with van der Waals surface area (Å²) in [4.78, 5) is 24.7. The Hall–Kier alpha value is -3.50. The van der Waals surface area contributed by atoms with Crippen LogP contribution in [0.4, 0.5) is 41.4 Å². The highest BCUT2D eigenvalue weighted by Crippen LogP contribution is 3.02. The van der Waals surface area contributed by atoms with E-state index in [9.17, 15) is 46.2 Å². The molecule has 2 aromatic carbocycles. The van der Waals surface area contributed by atoms with Gasteiger partial charge in [-0.2, -0.15) is 13.2 Å². The molecule has 17 heteroatoms. The summed E-state index contributed by atoms with van der Waals surface area (Å²) in [5.74, 6) is -7.18. The molecule has 1 amide bonds. The average molecular weight is 569 g/mol. The van der Waals surface area contributed by atoms with Crippen molar-refractivity contribution >= 4 is 28.1 Å². The molecule has 1 aliphatic rings. The van der Waals surface area contributed by atoms with Crippen molar-refractivity contribution in [1.29, 1.82) is 0 Å². The number of carbonyl (C=O) groups is 2. The number of alkyl halides is 3. The summed E-state index contributed by atoms with van der Waals surface area (Å²) in [5, 5.41) is 7.12. The van der Waals surface area contributed by atoms with Gasteiger partial charge in [-0.05, 0) is 30.7 Å². The number of hydrogen-bond acceptors (Lipinski definition) is 4. The molecule has 1 heterocycles. The Kier molecular flexibility index (Phi) is 6.85. The zero-order chi connectivity index (χ0) is 28.8. The molecule has 0 saturated carbocycles. The van der Waals surface area contributed by atoms with E-state index >= 15 is 0 Å². The first-order chi connectivity index (χ1) is 16.4. The number of likely N-dealkylation sites (N-methyl/N-ethyl adjacent to an activating group) is 1. The van der Waals surface area contributed by atoms with E-state index in [-0.39, 0.29) is 29.2 Å². The van der Waals surface area contributed by atoms with Gasteiger partial charge in [0.25, 0.3) is 0 Å². The van der Waals surface area contributed by atoms with Gasteiger partial charge in [0.05, 0.1) is 5.92 Å². The van der Waals surface area contributed by atoms with Gasteiger partial charge in [-0.1, -0.05) is 37.6 Å². The van der Waals surface area contributed by atoms with Crippen molar-refractivity contribution in [3.8, 4) is 0 Å². The number of aliphatic imine (C=N–C) groups is 1. The van der Waals surface area contributed by atoms with Crippen molar-refractivity contribution in [2.75, 3.05) is 7.05 Å². The summed E-state index contributed by atoms with van der Waals surface area (Å²) >= 11 is 0. The van der Waals surface area contributed by atoms with Gasteiger partial charge in [0.15, 0.2) is 5.96 Å². The highest BCUT2D eigenvalue weighted by Gasteiger charge is 2.65. The lowest BCUT2D eigenvalue weighted by Crippen LogP contribution is -2.52. The molecule has 0 saturated heterocycles. The SMILES string of the molecule is CN1C(=O)[C@H](c2ccc(S(F)(F)(F)(F)F)cc2)[C@@](C)(c2ccc(F)cc2F)N=C1N.O=C(O)C(F)(F)F. The Labute approximate surface area is 202 Å². The number of nitrogens with two attached hydrogens (primary N) is 1. The third-order valence-electron chi connectivity index (χ3n) is 5.21. The van der Waals surface area contributed by atoms with Gasteiger partial charge in [0.2, 0.25) is 5.91 Å². The van der Waals surface area contributed by atoms with Crippen LogP contribution in [0.15, 0.2) is 52.4 Å². The Bertz CT molecular complexity index is 1260. The van der Waals surface area contributed by atoms with E-state index in [0.717, 1.165) is 17.0 Å². The Morgan fingerprint density at radius 2 is 1.54 bits per heavy atom. The van der Waals surface area contributed by atoms with Crippen LogP contribution >= 0.6 is 10.2 Å². The van der Waals surface area contributed by atoms with Gasteiger partial charge in [-0.25, -0.2) is 18.6 Å². The molecule has 2 atom stereocenters. The van der Waals surface area contributed by atoms with Crippen LogP contribution in [-0.4, -0.2) is 41.1 Å². The second kappa shape index (κ2) is 8.53. The van der Waals surface area contributed by atoms with Crippen LogP contribution in [0.1, 0.15) is 24.0 Å². The predicted molar refractivity (Wildman–Crippen MR) is 112 cm³/mol. The fraction of sp³-hybridized carbons (Fsp3) is 0.250. The lowest BCUT2D eigenvalue weighted by molar-refractivity contribution is -0.192. The number of rotatable bonds is 3. The van der Waals surface area contributed by atoms with E-state index in [1.54, 1.807) is 0 Å². The van der Waals surface area contributed by atoms with Gasteiger partial charge in [-0.3, -0.25) is 9.69 Å². The number of benzene rings is 2. The van der Waals surface area contributed by atoms with E-state index in [1.165, 1.54) is 14.0 Å². The van der Waals surface area contributed by atoms with Crippen molar-refractivity contribution in [3.63, 3.8) is 0 Å². The molecule has 0 unspecified atom stereocenters. The zero-order valence-electron chi connectivity index (χ0n) is 18.5. The number of guanidine groups is 1. The predicted octanol–water partition coefficient (Wildman–Crippen LogP) is 6.04. The van der Waals surface area contributed by atoms with Crippen LogP contribution in [-0.2, 0) is 15.1 Å². The quantitative estimate of drug-likeness (QED) is 0.441. The summed E-state index contributed by atoms with van der Waals surface area (Å²) in [7, 11) is -8.67. The first-order valence-electron chi connectivity index (χ1n) is 9.61. The van der Waals surface area contributed by atoms with Gasteiger partial charge in [-0.15, -0.1) is 0 Å². The first kappa shape index (κ1) is 29.7. The molecule has 0 spiro atoms. The molecule has 0 fully saturated rings. The highest BCUT2D eigenvalue weighted by molar-refractivity contribution is 8.45. The van der Waals surface area contributed by atoms with Crippen LogP contribution in [0.25, 0.3) is 0 Å². The molecule has 3 rings (SSSR count). The van der Waals surface area contributed by atoms with Crippen molar-refractivity contribution in [2.24, 2.45) is 10.7 Å². The zero-order valence-corrected chi connectivity index (χ0v) is 19.4. The smallest absolute Gasteiger partial charge is 0.475 e. The lowest BCUT2D eigenvalue weighted by atomic mass is 9.74. The minimum Gasteiger partial charge on any atom is -0.475 e. The third-order valence-corrected chi connectivity index (χ3v) is 6.37. The number of hydrogen-bond donors (Lipinski definition) is 2. The van der Waals surface area contributed by atoms with Crippen LogP contribution < -0.4 is 5.73 Å². The van der Waals surface area contributed by atoms with Gasteiger partial charge in [0, 0.05) is 18.7 Å². The fourth-order valence-electron chi connectivity index (χ4n) is 3.42. The molecule has 206 valence electrons. The molecule has 0 aliphatic carbocycles. The minimum absolute atomic E-state index is 0.125. The highest BCUT2D eigenvalue weighted by atomic mass is 32.5. The summed E-state index contributed by atoms with van der Waals surface area (Å²) in [6.07, 6.45) is -5.08. The lowest BCUT2D eigenvalue weighted by Gasteiger charge is -2.42. The number of nitrogens with zero attached hydrogens (tertiary/aromatic N) is 2.